The second-order valence-electron chi connectivity index (χ2n) is 8.50. The number of carbonyl (C=O) groups is 1. The van der Waals surface area contributed by atoms with Crippen LogP contribution in [0.5, 0.6) is 11.5 Å². The smallest absolute Gasteiger partial charge is 0.306 e. The summed E-state index contributed by atoms with van der Waals surface area (Å²) in [7, 11) is 0. The summed E-state index contributed by atoms with van der Waals surface area (Å²) in [5.74, 6) is 1.42. The zero-order chi connectivity index (χ0) is 23.3. The minimum Gasteiger partial charge on any atom is -0.493 e. The van der Waals surface area contributed by atoms with Crippen molar-refractivity contribution in [3.8, 4) is 11.5 Å². The normalized spacial score (nSPS) is 10.8. The van der Waals surface area contributed by atoms with Crippen LogP contribution >= 0.6 is 15.9 Å². The van der Waals surface area contributed by atoms with Gasteiger partial charge in [-0.15, -0.1) is 0 Å². The molecule has 0 spiro atoms. The number of unbranched alkanes of at least 4 members (excludes halogenated alkanes) is 10. The molecule has 1 rings (SSSR count). The van der Waals surface area contributed by atoms with E-state index in [0.717, 1.165) is 41.7 Å². The maximum absolute atomic E-state index is 11.9. The molecule has 0 N–H and O–H groups in total. The average molecular weight is 514 g/mol. The fourth-order valence-corrected chi connectivity index (χ4v) is 3.75. The van der Waals surface area contributed by atoms with E-state index in [-0.39, 0.29) is 12.6 Å². The summed E-state index contributed by atoms with van der Waals surface area (Å²) in [6, 6.07) is 5.89. The van der Waals surface area contributed by atoms with Crippen molar-refractivity contribution in [1.29, 1.82) is 0 Å². The molecule has 1 aromatic carbocycles. The molecule has 0 fully saturated rings. The monoisotopic (exact) mass is 512 g/mol. The third-order valence-electron chi connectivity index (χ3n) is 5.39. The number of hydrogen-bond donors (Lipinski definition) is 0. The minimum atomic E-state index is -0.169. The van der Waals surface area contributed by atoms with Gasteiger partial charge in [-0.1, -0.05) is 94.0 Å². The highest BCUT2D eigenvalue weighted by Gasteiger charge is 2.08. The zero-order valence-corrected chi connectivity index (χ0v) is 22.1. The first kappa shape index (κ1) is 28.8. The van der Waals surface area contributed by atoms with Crippen molar-refractivity contribution in [1.82, 2.24) is 0 Å². The lowest BCUT2D eigenvalue weighted by Gasteiger charge is -2.13. The van der Waals surface area contributed by atoms with Crippen molar-refractivity contribution in [2.24, 2.45) is 0 Å². The molecule has 0 aliphatic rings. The molecule has 0 heterocycles. The molecule has 1 aromatic rings. The molecule has 0 atom stereocenters. The summed E-state index contributed by atoms with van der Waals surface area (Å²) in [6.07, 6.45) is 16.1. The molecule has 0 bridgehead atoms. The van der Waals surface area contributed by atoms with Crippen LogP contribution in [0.4, 0.5) is 0 Å². The standard InChI is InChI=1S/C27H45BrO4/c1-3-5-7-9-11-13-18-30-25-20-24(23-32-27(29)16-15-17-28)21-26(22-25)31-19-14-12-10-8-6-4-2/h20-22H,3-19,23H2,1-2H3. The van der Waals surface area contributed by atoms with E-state index in [1.165, 1.54) is 64.2 Å². The van der Waals surface area contributed by atoms with Crippen LogP contribution in [-0.4, -0.2) is 24.5 Å². The van der Waals surface area contributed by atoms with E-state index in [0.29, 0.717) is 19.6 Å². The number of benzene rings is 1. The molecule has 0 amide bonds. The van der Waals surface area contributed by atoms with Gasteiger partial charge < -0.3 is 14.2 Å². The molecule has 0 aromatic heterocycles. The number of carbonyl (C=O) groups excluding carboxylic acids is 1. The van der Waals surface area contributed by atoms with Gasteiger partial charge in [0.15, 0.2) is 0 Å². The van der Waals surface area contributed by atoms with Crippen molar-refractivity contribution in [3.05, 3.63) is 23.8 Å². The Morgan fingerprint density at radius 3 is 1.72 bits per heavy atom. The Morgan fingerprint density at radius 2 is 1.22 bits per heavy atom. The second-order valence-corrected chi connectivity index (χ2v) is 9.29. The molecular formula is C27H45BrO4. The zero-order valence-electron chi connectivity index (χ0n) is 20.5. The molecule has 0 radical (unpaired) electrons. The Morgan fingerprint density at radius 1 is 0.719 bits per heavy atom. The van der Waals surface area contributed by atoms with E-state index in [1.54, 1.807) is 0 Å². The topological polar surface area (TPSA) is 44.8 Å². The van der Waals surface area contributed by atoms with E-state index >= 15 is 0 Å². The summed E-state index contributed by atoms with van der Waals surface area (Å²) >= 11 is 3.35. The summed E-state index contributed by atoms with van der Waals surface area (Å²) in [6.45, 7) is 6.14. The van der Waals surface area contributed by atoms with Crippen LogP contribution in [0.15, 0.2) is 18.2 Å². The fraction of sp³-hybridized carbons (Fsp3) is 0.741. The second kappa shape index (κ2) is 20.4. The van der Waals surface area contributed by atoms with Crippen molar-refractivity contribution in [2.75, 3.05) is 18.5 Å². The summed E-state index contributed by atoms with van der Waals surface area (Å²) in [5.41, 5.74) is 0.913. The lowest BCUT2D eigenvalue weighted by Crippen LogP contribution is -2.06. The fourth-order valence-electron chi connectivity index (χ4n) is 3.47. The Balaban J connectivity index is 2.52. The molecule has 0 unspecified atom stereocenters. The maximum atomic E-state index is 11.9. The van der Waals surface area contributed by atoms with Crippen LogP contribution < -0.4 is 9.47 Å². The van der Waals surface area contributed by atoms with Gasteiger partial charge in [-0.2, -0.15) is 0 Å². The molecule has 5 heteroatoms. The van der Waals surface area contributed by atoms with Crippen LogP contribution in [0, 0.1) is 0 Å². The minimum absolute atomic E-state index is 0.169. The third kappa shape index (κ3) is 15.6. The highest BCUT2D eigenvalue weighted by atomic mass is 79.9. The molecule has 0 aliphatic heterocycles. The first-order chi connectivity index (χ1) is 15.7. The maximum Gasteiger partial charge on any atom is 0.306 e. The van der Waals surface area contributed by atoms with E-state index in [2.05, 4.69) is 29.8 Å². The summed E-state index contributed by atoms with van der Waals surface area (Å²) in [5, 5.41) is 0.806. The quantitative estimate of drug-likeness (QED) is 0.0941. The van der Waals surface area contributed by atoms with Crippen LogP contribution in [0.1, 0.15) is 109 Å². The van der Waals surface area contributed by atoms with Crippen molar-refractivity contribution in [3.63, 3.8) is 0 Å². The number of ether oxygens (including phenoxy) is 3. The van der Waals surface area contributed by atoms with Gasteiger partial charge in [0.2, 0.25) is 0 Å². The highest BCUT2D eigenvalue weighted by molar-refractivity contribution is 9.09. The van der Waals surface area contributed by atoms with E-state index in [9.17, 15) is 4.79 Å². The van der Waals surface area contributed by atoms with Crippen molar-refractivity contribution < 1.29 is 19.0 Å². The van der Waals surface area contributed by atoms with Gasteiger partial charge in [0.25, 0.3) is 0 Å². The van der Waals surface area contributed by atoms with E-state index in [4.69, 9.17) is 14.2 Å². The average Bonchev–Trinajstić information content (AvgIpc) is 2.80. The number of rotatable bonds is 21. The molecule has 0 saturated carbocycles. The van der Waals surface area contributed by atoms with E-state index < -0.39 is 0 Å². The number of alkyl halides is 1. The van der Waals surface area contributed by atoms with Gasteiger partial charge >= 0.3 is 5.97 Å². The highest BCUT2D eigenvalue weighted by Crippen LogP contribution is 2.25. The number of hydrogen-bond acceptors (Lipinski definition) is 4. The summed E-state index contributed by atoms with van der Waals surface area (Å²) in [4.78, 5) is 11.9. The van der Waals surface area contributed by atoms with Gasteiger partial charge in [-0.3, -0.25) is 4.79 Å². The molecule has 0 saturated heterocycles. The Kier molecular flexibility index (Phi) is 18.3. The van der Waals surface area contributed by atoms with Crippen molar-refractivity contribution in [2.45, 2.75) is 110 Å². The van der Waals surface area contributed by atoms with Crippen LogP contribution in [0.25, 0.3) is 0 Å². The van der Waals surface area contributed by atoms with Gasteiger partial charge in [0.1, 0.15) is 18.1 Å². The first-order valence-electron chi connectivity index (χ1n) is 12.8. The third-order valence-corrected chi connectivity index (χ3v) is 5.95. The SMILES string of the molecule is CCCCCCCCOc1cc(COC(=O)CCCBr)cc(OCCCCCCCC)c1. The van der Waals surface area contributed by atoms with Gasteiger partial charge in [0.05, 0.1) is 13.2 Å². The first-order valence-corrected chi connectivity index (χ1v) is 13.9. The van der Waals surface area contributed by atoms with Gasteiger partial charge in [0, 0.05) is 17.8 Å². The van der Waals surface area contributed by atoms with Crippen molar-refractivity contribution >= 4 is 21.9 Å². The predicted molar refractivity (Wildman–Crippen MR) is 137 cm³/mol. The summed E-state index contributed by atoms with van der Waals surface area (Å²) < 4.78 is 17.5. The molecule has 0 aliphatic carbocycles. The lowest BCUT2D eigenvalue weighted by atomic mass is 10.1. The number of esters is 1. The molecule has 184 valence electrons. The lowest BCUT2D eigenvalue weighted by molar-refractivity contribution is -0.144. The Labute approximate surface area is 204 Å². The van der Waals surface area contributed by atoms with Crippen LogP contribution in [0.3, 0.4) is 0 Å². The number of halogens is 1. The van der Waals surface area contributed by atoms with Gasteiger partial charge in [-0.25, -0.2) is 0 Å². The largest absolute Gasteiger partial charge is 0.493 e. The Hall–Kier alpha value is -1.23. The van der Waals surface area contributed by atoms with Crippen LogP contribution in [0.2, 0.25) is 0 Å². The predicted octanol–water partition coefficient (Wildman–Crippen LogP) is 8.38. The molecular weight excluding hydrogens is 468 g/mol. The molecule has 32 heavy (non-hydrogen) atoms. The van der Waals surface area contributed by atoms with Gasteiger partial charge in [-0.05, 0) is 37.0 Å². The van der Waals surface area contributed by atoms with Crippen LogP contribution in [-0.2, 0) is 16.1 Å². The Bertz CT molecular complexity index is 555. The molecule has 4 nitrogen and oxygen atoms in total. The van der Waals surface area contributed by atoms with E-state index in [1.807, 2.05) is 18.2 Å².